The van der Waals surface area contributed by atoms with Gasteiger partial charge in [-0.3, -0.25) is 4.57 Å². The van der Waals surface area contributed by atoms with Crippen molar-refractivity contribution >= 4 is 17.0 Å². The van der Waals surface area contributed by atoms with Crippen LogP contribution < -0.4 is 15.2 Å². The Morgan fingerprint density at radius 2 is 1.71 bits per heavy atom. The van der Waals surface area contributed by atoms with E-state index in [0.717, 1.165) is 22.3 Å². The molecule has 0 spiro atoms. The first-order valence-electron chi connectivity index (χ1n) is 6.61. The molecule has 0 aliphatic carbocycles. The molecule has 0 fully saturated rings. The fourth-order valence-electron chi connectivity index (χ4n) is 2.45. The molecule has 2 aromatic carbocycles. The molecular weight excluding hydrogens is 266 g/mol. The third-order valence-corrected chi connectivity index (χ3v) is 3.51. The van der Waals surface area contributed by atoms with E-state index in [1.165, 1.54) is 0 Å². The zero-order chi connectivity index (χ0) is 15.0. The number of nitrogens with zero attached hydrogens (tertiary/aromatic N) is 2. The first-order chi connectivity index (χ1) is 10.1. The molecule has 0 atom stereocenters. The van der Waals surface area contributed by atoms with Crippen molar-refractivity contribution in [3.05, 3.63) is 42.0 Å². The van der Waals surface area contributed by atoms with Crippen molar-refractivity contribution in [2.45, 2.75) is 6.92 Å². The number of fused-ring (bicyclic) bond motifs is 1. The van der Waals surface area contributed by atoms with Gasteiger partial charge >= 0.3 is 0 Å². The highest BCUT2D eigenvalue weighted by molar-refractivity contribution is 5.83. The van der Waals surface area contributed by atoms with Gasteiger partial charge in [0.15, 0.2) is 0 Å². The summed E-state index contributed by atoms with van der Waals surface area (Å²) < 4.78 is 12.5. The molecule has 0 saturated heterocycles. The standard InChI is InChI=1S/C16H17N3O2/c1-10-5-4-6-14-15(10)18-16(17)19(14)11-7-12(20-2)9-13(8-11)21-3/h4-9H,1-3H3,(H2,17,18). The van der Waals surface area contributed by atoms with Crippen molar-refractivity contribution in [2.75, 3.05) is 20.0 Å². The van der Waals surface area contributed by atoms with Gasteiger partial charge in [-0.1, -0.05) is 12.1 Å². The summed E-state index contributed by atoms with van der Waals surface area (Å²) in [5, 5.41) is 0. The molecule has 108 valence electrons. The summed E-state index contributed by atoms with van der Waals surface area (Å²) in [5.74, 6) is 1.85. The van der Waals surface area contributed by atoms with Crippen LogP contribution in [0.25, 0.3) is 16.7 Å². The largest absolute Gasteiger partial charge is 0.497 e. The van der Waals surface area contributed by atoms with Crippen LogP contribution in [-0.4, -0.2) is 23.8 Å². The number of nitrogens with two attached hydrogens (primary N) is 1. The van der Waals surface area contributed by atoms with Gasteiger partial charge in [0, 0.05) is 18.2 Å². The molecule has 0 aliphatic rings. The number of aromatic nitrogens is 2. The van der Waals surface area contributed by atoms with Gasteiger partial charge in [0.1, 0.15) is 11.5 Å². The normalized spacial score (nSPS) is 10.8. The molecule has 1 heterocycles. The van der Waals surface area contributed by atoms with Gasteiger partial charge in [-0.25, -0.2) is 4.98 Å². The molecular formula is C16H17N3O2. The molecule has 0 aliphatic heterocycles. The second-order valence-electron chi connectivity index (χ2n) is 4.82. The Morgan fingerprint density at radius 1 is 1.05 bits per heavy atom. The highest BCUT2D eigenvalue weighted by Crippen LogP contribution is 2.30. The topological polar surface area (TPSA) is 62.3 Å². The van der Waals surface area contributed by atoms with E-state index >= 15 is 0 Å². The van der Waals surface area contributed by atoms with Crippen molar-refractivity contribution in [3.63, 3.8) is 0 Å². The number of anilines is 1. The number of methoxy groups -OCH3 is 2. The first-order valence-corrected chi connectivity index (χ1v) is 6.61. The molecule has 3 aromatic rings. The number of aryl methyl sites for hydroxylation is 1. The lowest BCUT2D eigenvalue weighted by Crippen LogP contribution is -2.01. The van der Waals surface area contributed by atoms with Crippen LogP contribution >= 0.6 is 0 Å². The average Bonchev–Trinajstić information content (AvgIpc) is 2.84. The van der Waals surface area contributed by atoms with E-state index in [2.05, 4.69) is 4.98 Å². The Kier molecular flexibility index (Phi) is 3.17. The number of rotatable bonds is 3. The van der Waals surface area contributed by atoms with Crippen LogP contribution in [0.2, 0.25) is 0 Å². The monoisotopic (exact) mass is 283 g/mol. The van der Waals surface area contributed by atoms with Gasteiger partial charge in [0.05, 0.1) is 30.9 Å². The second-order valence-corrected chi connectivity index (χ2v) is 4.82. The van der Waals surface area contributed by atoms with E-state index < -0.39 is 0 Å². The van der Waals surface area contributed by atoms with Gasteiger partial charge in [-0.15, -0.1) is 0 Å². The first kappa shape index (κ1) is 13.3. The number of para-hydroxylation sites is 1. The van der Waals surface area contributed by atoms with Gasteiger partial charge in [-0.05, 0) is 18.6 Å². The summed E-state index contributed by atoms with van der Waals surface area (Å²) in [6, 6.07) is 11.6. The number of imidazole rings is 1. The predicted molar refractivity (Wildman–Crippen MR) is 83.3 cm³/mol. The van der Waals surface area contributed by atoms with E-state index in [1.807, 2.05) is 47.9 Å². The summed E-state index contributed by atoms with van der Waals surface area (Å²) in [4.78, 5) is 4.46. The van der Waals surface area contributed by atoms with Crippen LogP contribution in [0.4, 0.5) is 5.95 Å². The molecule has 0 amide bonds. The summed E-state index contributed by atoms with van der Waals surface area (Å²) in [7, 11) is 3.25. The third-order valence-electron chi connectivity index (χ3n) is 3.51. The molecule has 3 rings (SSSR count). The Bertz CT molecular complexity index is 786. The maximum Gasteiger partial charge on any atom is 0.205 e. The van der Waals surface area contributed by atoms with Crippen LogP contribution in [0, 0.1) is 6.92 Å². The number of benzene rings is 2. The zero-order valence-electron chi connectivity index (χ0n) is 12.3. The number of hydrogen-bond donors (Lipinski definition) is 1. The average molecular weight is 283 g/mol. The molecule has 0 saturated carbocycles. The van der Waals surface area contributed by atoms with Gasteiger partial charge < -0.3 is 15.2 Å². The highest BCUT2D eigenvalue weighted by Gasteiger charge is 2.13. The van der Waals surface area contributed by atoms with Crippen molar-refractivity contribution in [3.8, 4) is 17.2 Å². The van der Waals surface area contributed by atoms with Crippen LogP contribution in [0.1, 0.15) is 5.56 Å². The van der Waals surface area contributed by atoms with E-state index in [0.29, 0.717) is 17.4 Å². The van der Waals surface area contributed by atoms with Crippen LogP contribution in [0.15, 0.2) is 36.4 Å². The van der Waals surface area contributed by atoms with E-state index in [4.69, 9.17) is 15.2 Å². The minimum absolute atomic E-state index is 0.439. The quantitative estimate of drug-likeness (QED) is 0.802. The molecule has 1 aromatic heterocycles. The number of ether oxygens (including phenoxy) is 2. The van der Waals surface area contributed by atoms with Gasteiger partial charge in [0.25, 0.3) is 0 Å². The van der Waals surface area contributed by atoms with E-state index in [-0.39, 0.29) is 0 Å². The number of nitrogen functional groups attached to an aromatic ring is 1. The lowest BCUT2D eigenvalue weighted by atomic mass is 10.2. The molecule has 2 N–H and O–H groups in total. The third kappa shape index (κ3) is 2.16. The molecule has 5 heteroatoms. The Labute approximate surface area is 122 Å². The lowest BCUT2D eigenvalue weighted by Gasteiger charge is -2.11. The maximum absolute atomic E-state index is 6.11. The molecule has 0 bridgehead atoms. The van der Waals surface area contributed by atoms with E-state index in [9.17, 15) is 0 Å². The fraction of sp³-hybridized carbons (Fsp3) is 0.188. The minimum atomic E-state index is 0.439. The number of hydrogen-bond acceptors (Lipinski definition) is 4. The minimum Gasteiger partial charge on any atom is -0.497 e. The summed E-state index contributed by atoms with van der Waals surface area (Å²) in [6.45, 7) is 2.02. The fourth-order valence-corrected chi connectivity index (χ4v) is 2.45. The SMILES string of the molecule is COc1cc(OC)cc(-n2c(N)nc3c(C)cccc32)c1. The summed E-state index contributed by atoms with van der Waals surface area (Å²) >= 11 is 0. The van der Waals surface area contributed by atoms with Crippen LogP contribution in [0.3, 0.4) is 0 Å². The Balaban J connectivity index is 2.30. The van der Waals surface area contributed by atoms with E-state index in [1.54, 1.807) is 14.2 Å². The van der Waals surface area contributed by atoms with Crippen molar-refractivity contribution in [2.24, 2.45) is 0 Å². The van der Waals surface area contributed by atoms with Crippen molar-refractivity contribution in [1.29, 1.82) is 0 Å². The Morgan fingerprint density at radius 3 is 2.33 bits per heavy atom. The lowest BCUT2D eigenvalue weighted by molar-refractivity contribution is 0.394. The zero-order valence-corrected chi connectivity index (χ0v) is 12.3. The smallest absolute Gasteiger partial charge is 0.205 e. The van der Waals surface area contributed by atoms with Crippen LogP contribution in [-0.2, 0) is 0 Å². The maximum atomic E-state index is 6.11. The van der Waals surface area contributed by atoms with Gasteiger partial charge in [0.2, 0.25) is 5.95 Å². The molecule has 5 nitrogen and oxygen atoms in total. The van der Waals surface area contributed by atoms with Crippen molar-refractivity contribution < 1.29 is 9.47 Å². The van der Waals surface area contributed by atoms with Crippen molar-refractivity contribution in [1.82, 2.24) is 9.55 Å². The molecule has 0 unspecified atom stereocenters. The second kappa shape index (κ2) is 5.01. The predicted octanol–water partition coefficient (Wildman–Crippen LogP) is 2.93. The molecule has 21 heavy (non-hydrogen) atoms. The van der Waals surface area contributed by atoms with Gasteiger partial charge in [-0.2, -0.15) is 0 Å². The van der Waals surface area contributed by atoms with Crippen LogP contribution in [0.5, 0.6) is 11.5 Å². The summed E-state index contributed by atoms with van der Waals surface area (Å²) in [5.41, 5.74) is 9.92. The molecule has 0 radical (unpaired) electrons. The summed E-state index contributed by atoms with van der Waals surface area (Å²) in [6.07, 6.45) is 0. The Hall–Kier alpha value is -2.69. The highest BCUT2D eigenvalue weighted by atomic mass is 16.5.